The second kappa shape index (κ2) is 8.52. The van der Waals surface area contributed by atoms with Crippen LogP contribution in [0, 0.1) is 0 Å². The van der Waals surface area contributed by atoms with E-state index < -0.39 is 11.7 Å². The molecule has 0 amide bonds. The third-order valence-corrected chi connectivity index (χ3v) is 4.79. The Bertz CT molecular complexity index is 940. The summed E-state index contributed by atoms with van der Waals surface area (Å²) < 4.78 is 45.4. The topological polar surface area (TPSA) is 72.0 Å². The van der Waals surface area contributed by atoms with Crippen LogP contribution in [0.5, 0.6) is 0 Å². The van der Waals surface area contributed by atoms with E-state index in [1.165, 1.54) is 12.1 Å². The number of aryl methyl sites for hydroxylation is 1. The average molecular weight is 429 g/mol. The standard InChI is InChI=1S/C18H19F3N6O.ClH/c1-26-8-7-23-17(26)14-10-22-6-9-27(14)11-15-24-16(25-28-15)12-2-4-13(5-3-12)18(19,20)21;/h2-5,7-8,14,22H,6,9-11H2,1H3;1H. The SMILES string of the molecule is Cl.Cn1ccnc1C1CNCCN1Cc1nc(-c2ccc(C(F)(F)F)cc2)no1. The van der Waals surface area contributed by atoms with Crippen molar-refractivity contribution in [2.45, 2.75) is 18.8 Å². The Morgan fingerprint density at radius 3 is 2.66 bits per heavy atom. The van der Waals surface area contributed by atoms with Crippen LogP contribution >= 0.6 is 12.4 Å². The molecular formula is C18H20ClF3N6O. The lowest BCUT2D eigenvalue weighted by molar-refractivity contribution is -0.137. The molecule has 7 nitrogen and oxygen atoms in total. The van der Waals surface area contributed by atoms with Crippen molar-refractivity contribution in [2.75, 3.05) is 19.6 Å². The van der Waals surface area contributed by atoms with E-state index in [-0.39, 0.29) is 24.3 Å². The first-order chi connectivity index (χ1) is 13.4. The van der Waals surface area contributed by atoms with Crippen molar-refractivity contribution in [1.82, 2.24) is 29.9 Å². The maximum absolute atomic E-state index is 12.7. The molecule has 1 aliphatic heterocycles. The first-order valence-corrected chi connectivity index (χ1v) is 8.84. The van der Waals surface area contributed by atoms with Gasteiger partial charge in [-0.25, -0.2) is 4.98 Å². The Kier molecular flexibility index (Phi) is 6.25. The fourth-order valence-corrected chi connectivity index (χ4v) is 3.31. The van der Waals surface area contributed by atoms with Gasteiger partial charge in [0.05, 0.1) is 18.2 Å². The van der Waals surface area contributed by atoms with E-state index in [4.69, 9.17) is 4.52 Å². The minimum Gasteiger partial charge on any atom is -0.338 e. The monoisotopic (exact) mass is 428 g/mol. The van der Waals surface area contributed by atoms with Gasteiger partial charge in [0.15, 0.2) is 0 Å². The maximum Gasteiger partial charge on any atom is 0.416 e. The van der Waals surface area contributed by atoms with Crippen LogP contribution in [0.2, 0.25) is 0 Å². The number of nitrogens with zero attached hydrogens (tertiary/aromatic N) is 5. The number of nitrogens with one attached hydrogen (secondary N) is 1. The molecule has 1 aromatic carbocycles. The van der Waals surface area contributed by atoms with Gasteiger partial charge in [-0.05, 0) is 12.1 Å². The normalized spacial score (nSPS) is 17.9. The summed E-state index contributed by atoms with van der Waals surface area (Å²) in [6.07, 6.45) is -0.710. The first kappa shape index (κ1) is 21.3. The number of aromatic nitrogens is 4. The highest BCUT2D eigenvalue weighted by molar-refractivity contribution is 5.85. The van der Waals surface area contributed by atoms with E-state index in [9.17, 15) is 13.2 Å². The molecular weight excluding hydrogens is 409 g/mol. The predicted octanol–water partition coefficient (Wildman–Crippen LogP) is 3.06. The molecule has 29 heavy (non-hydrogen) atoms. The zero-order valence-electron chi connectivity index (χ0n) is 15.6. The van der Waals surface area contributed by atoms with E-state index in [2.05, 4.69) is 25.3 Å². The predicted molar refractivity (Wildman–Crippen MR) is 101 cm³/mol. The molecule has 1 N–H and O–H groups in total. The van der Waals surface area contributed by atoms with Crippen LogP contribution in [0.3, 0.4) is 0 Å². The summed E-state index contributed by atoms with van der Waals surface area (Å²) in [5.74, 6) is 1.62. The van der Waals surface area contributed by atoms with Crippen molar-refractivity contribution in [3.8, 4) is 11.4 Å². The molecule has 2 aromatic heterocycles. The van der Waals surface area contributed by atoms with Crippen molar-refractivity contribution < 1.29 is 17.7 Å². The lowest BCUT2D eigenvalue weighted by Gasteiger charge is -2.34. The summed E-state index contributed by atoms with van der Waals surface area (Å²) >= 11 is 0. The number of hydrogen-bond acceptors (Lipinski definition) is 6. The Labute approximate surface area is 171 Å². The minimum absolute atomic E-state index is 0. The van der Waals surface area contributed by atoms with Gasteiger partial charge in [0, 0.05) is 44.6 Å². The smallest absolute Gasteiger partial charge is 0.338 e. The van der Waals surface area contributed by atoms with Gasteiger partial charge in [-0.1, -0.05) is 17.3 Å². The van der Waals surface area contributed by atoms with Crippen LogP contribution in [-0.2, 0) is 19.8 Å². The van der Waals surface area contributed by atoms with E-state index in [1.807, 2.05) is 17.8 Å². The Hall–Kier alpha value is -2.43. The molecule has 4 rings (SSSR count). The number of benzene rings is 1. The number of piperazine rings is 1. The zero-order valence-corrected chi connectivity index (χ0v) is 16.4. The summed E-state index contributed by atoms with van der Waals surface area (Å²) in [4.78, 5) is 11.0. The van der Waals surface area contributed by atoms with Gasteiger partial charge < -0.3 is 14.4 Å². The lowest BCUT2D eigenvalue weighted by Crippen LogP contribution is -2.46. The van der Waals surface area contributed by atoms with Crippen LogP contribution in [-0.4, -0.2) is 44.2 Å². The minimum atomic E-state index is -4.37. The van der Waals surface area contributed by atoms with Gasteiger partial charge >= 0.3 is 6.18 Å². The Morgan fingerprint density at radius 1 is 1.24 bits per heavy atom. The molecule has 1 atom stereocenters. The Balaban J connectivity index is 0.00000240. The highest BCUT2D eigenvalue weighted by Crippen LogP contribution is 2.30. The highest BCUT2D eigenvalue weighted by Gasteiger charge is 2.30. The van der Waals surface area contributed by atoms with E-state index >= 15 is 0 Å². The third-order valence-electron chi connectivity index (χ3n) is 4.79. The molecule has 0 saturated carbocycles. The van der Waals surface area contributed by atoms with Crippen LogP contribution in [0.15, 0.2) is 41.2 Å². The van der Waals surface area contributed by atoms with Crippen molar-refractivity contribution in [3.63, 3.8) is 0 Å². The van der Waals surface area contributed by atoms with Gasteiger partial charge in [-0.2, -0.15) is 18.2 Å². The largest absolute Gasteiger partial charge is 0.416 e. The van der Waals surface area contributed by atoms with Crippen LogP contribution in [0.25, 0.3) is 11.4 Å². The number of hydrogen-bond donors (Lipinski definition) is 1. The molecule has 1 fully saturated rings. The number of imidazole rings is 1. The molecule has 11 heteroatoms. The second-order valence-corrected chi connectivity index (χ2v) is 6.67. The highest BCUT2D eigenvalue weighted by atomic mass is 35.5. The molecule has 1 aliphatic rings. The fraction of sp³-hybridized carbons (Fsp3) is 0.389. The molecule has 3 aromatic rings. The van der Waals surface area contributed by atoms with Gasteiger partial charge in [0.25, 0.3) is 0 Å². The molecule has 3 heterocycles. The van der Waals surface area contributed by atoms with Crippen molar-refractivity contribution in [3.05, 3.63) is 53.9 Å². The second-order valence-electron chi connectivity index (χ2n) is 6.67. The lowest BCUT2D eigenvalue weighted by atomic mass is 10.1. The fourth-order valence-electron chi connectivity index (χ4n) is 3.31. The van der Waals surface area contributed by atoms with Crippen LogP contribution in [0.1, 0.15) is 23.3 Å². The number of halogens is 4. The molecule has 0 aliphatic carbocycles. The van der Waals surface area contributed by atoms with E-state index in [0.717, 1.165) is 37.6 Å². The van der Waals surface area contributed by atoms with Crippen LogP contribution < -0.4 is 5.32 Å². The summed E-state index contributed by atoms with van der Waals surface area (Å²) in [6.45, 7) is 2.81. The number of alkyl halides is 3. The molecule has 0 radical (unpaired) electrons. The molecule has 1 unspecified atom stereocenters. The first-order valence-electron chi connectivity index (χ1n) is 8.84. The molecule has 1 saturated heterocycles. The summed E-state index contributed by atoms with van der Waals surface area (Å²) in [6, 6.07) is 4.78. The van der Waals surface area contributed by atoms with Gasteiger partial charge in [-0.15, -0.1) is 12.4 Å². The van der Waals surface area contributed by atoms with E-state index in [0.29, 0.717) is 18.0 Å². The zero-order chi connectivity index (χ0) is 19.7. The van der Waals surface area contributed by atoms with Gasteiger partial charge in [0.1, 0.15) is 5.82 Å². The quantitative estimate of drug-likeness (QED) is 0.688. The van der Waals surface area contributed by atoms with Crippen LogP contribution in [0.4, 0.5) is 13.2 Å². The number of rotatable bonds is 4. The molecule has 0 bridgehead atoms. The summed E-state index contributed by atoms with van der Waals surface area (Å²) in [7, 11) is 1.95. The van der Waals surface area contributed by atoms with Crippen molar-refractivity contribution in [2.24, 2.45) is 7.05 Å². The van der Waals surface area contributed by atoms with Gasteiger partial charge in [0.2, 0.25) is 11.7 Å². The molecule has 156 valence electrons. The van der Waals surface area contributed by atoms with Crippen molar-refractivity contribution >= 4 is 12.4 Å². The Morgan fingerprint density at radius 2 is 2.00 bits per heavy atom. The summed E-state index contributed by atoms with van der Waals surface area (Å²) in [5.41, 5.74) is -0.234. The van der Waals surface area contributed by atoms with Crippen molar-refractivity contribution in [1.29, 1.82) is 0 Å². The third kappa shape index (κ3) is 4.60. The van der Waals surface area contributed by atoms with E-state index in [1.54, 1.807) is 6.20 Å². The maximum atomic E-state index is 12.7. The van der Waals surface area contributed by atoms with Gasteiger partial charge in [-0.3, -0.25) is 4.90 Å². The average Bonchev–Trinajstić information content (AvgIpc) is 3.31. The summed E-state index contributed by atoms with van der Waals surface area (Å²) in [5, 5.41) is 7.28. The molecule has 0 spiro atoms.